The van der Waals surface area contributed by atoms with Crippen LogP contribution in [0.5, 0.6) is 5.75 Å². The number of amides is 1. The molecule has 1 saturated heterocycles. The lowest BCUT2D eigenvalue weighted by atomic mass is 9.98. The van der Waals surface area contributed by atoms with Crippen molar-refractivity contribution in [2.75, 3.05) is 26.7 Å². The van der Waals surface area contributed by atoms with Gasteiger partial charge in [0.1, 0.15) is 12.0 Å². The summed E-state index contributed by atoms with van der Waals surface area (Å²) in [4.78, 5) is 14.4. The highest BCUT2D eigenvalue weighted by atomic mass is 32.2. The summed E-state index contributed by atoms with van der Waals surface area (Å²) in [6.45, 7) is 1.49. The van der Waals surface area contributed by atoms with Crippen LogP contribution in [0.1, 0.15) is 23.2 Å². The number of piperidine rings is 1. The Labute approximate surface area is 153 Å². The zero-order valence-corrected chi connectivity index (χ0v) is 15.4. The molecular weight excluding hydrogens is 356 g/mol. The number of nitrogens with one attached hydrogen (secondary N) is 1. The third-order valence-electron chi connectivity index (χ3n) is 4.51. The lowest BCUT2D eigenvalue weighted by Gasteiger charge is -2.32. The molecule has 0 saturated carbocycles. The number of rotatable bonds is 6. The van der Waals surface area contributed by atoms with Crippen LogP contribution in [-0.4, -0.2) is 46.0 Å². The number of sulfonamides is 1. The molecule has 7 nitrogen and oxygen atoms in total. The van der Waals surface area contributed by atoms with Gasteiger partial charge in [-0.05, 0) is 49.1 Å². The molecule has 0 radical (unpaired) electrons. The van der Waals surface area contributed by atoms with E-state index in [9.17, 15) is 13.2 Å². The maximum atomic E-state index is 12.4. The van der Waals surface area contributed by atoms with E-state index in [-0.39, 0.29) is 16.7 Å². The van der Waals surface area contributed by atoms with Crippen LogP contribution in [0.2, 0.25) is 0 Å². The highest BCUT2D eigenvalue weighted by Crippen LogP contribution is 2.20. The zero-order valence-electron chi connectivity index (χ0n) is 14.6. The quantitative estimate of drug-likeness (QED) is 0.832. The number of hydrogen-bond donors (Lipinski definition) is 1. The van der Waals surface area contributed by atoms with Crippen LogP contribution in [0.3, 0.4) is 0 Å². The lowest BCUT2D eigenvalue weighted by molar-refractivity contribution is 0.0675. The summed E-state index contributed by atoms with van der Waals surface area (Å²) in [6.07, 6.45) is 4.62. The molecule has 0 unspecified atom stereocenters. The van der Waals surface area contributed by atoms with Gasteiger partial charge in [0, 0.05) is 19.6 Å². The molecule has 1 aromatic carbocycles. The van der Waals surface area contributed by atoms with Crippen LogP contribution in [0.15, 0.2) is 52.2 Å². The van der Waals surface area contributed by atoms with Crippen LogP contribution < -0.4 is 9.46 Å². The summed E-state index contributed by atoms with van der Waals surface area (Å²) in [5.41, 5.74) is 0.518. The van der Waals surface area contributed by atoms with E-state index in [2.05, 4.69) is 4.72 Å². The molecule has 26 heavy (non-hydrogen) atoms. The number of benzene rings is 1. The molecule has 0 bridgehead atoms. The van der Waals surface area contributed by atoms with Crippen molar-refractivity contribution < 1.29 is 22.4 Å². The fourth-order valence-electron chi connectivity index (χ4n) is 3.05. The zero-order chi connectivity index (χ0) is 18.6. The fraction of sp³-hybridized carbons (Fsp3) is 0.389. The Balaban J connectivity index is 1.59. The van der Waals surface area contributed by atoms with Crippen molar-refractivity contribution in [2.24, 2.45) is 5.92 Å². The fourth-order valence-corrected chi connectivity index (χ4v) is 4.17. The normalized spacial score (nSPS) is 17.9. The second-order valence-corrected chi connectivity index (χ2v) is 8.07. The van der Waals surface area contributed by atoms with Crippen LogP contribution in [0.25, 0.3) is 0 Å². The Morgan fingerprint density at radius 1 is 1.31 bits per heavy atom. The van der Waals surface area contributed by atoms with E-state index in [1.54, 1.807) is 23.1 Å². The van der Waals surface area contributed by atoms with E-state index >= 15 is 0 Å². The van der Waals surface area contributed by atoms with E-state index < -0.39 is 10.0 Å². The van der Waals surface area contributed by atoms with Gasteiger partial charge in [-0.2, -0.15) is 0 Å². The smallest absolute Gasteiger partial charge is 0.257 e. The topological polar surface area (TPSA) is 88.9 Å². The first-order chi connectivity index (χ1) is 12.5. The number of nitrogens with zero attached hydrogens (tertiary/aromatic N) is 1. The number of carbonyl (C=O) groups is 1. The Bertz CT molecular complexity index is 831. The Hall–Kier alpha value is -2.32. The van der Waals surface area contributed by atoms with E-state index in [1.165, 1.54) is 31.8 Å². The van der Waals surface area contributed by atoms with E-state index in [0.29, 0.717) is 30.9 Å². The number of carbonyl (C=O) groups excluding carboxylic acids is 1. The third-order valence-corrected chi connectivity index (χ3v) is 5.95. The monoisotopic (exact) mass is 378 g/mol. The van der Waals surface area contributed by atoms with Gasteiger partial charge in [0.2, 0.25) is 10.0 Å². The van der Waals surface area contributed by atoms with Gasteiger partial charge in [0.05, 0.1) is 23.8 Å². The molecule has 1 N–H and O–H groups in total. The molecule has 1 aliphatic heterocycles. The standard InChI is InChI=1S/C18H22N2O5S/c1-24-16-4-6-17(7-5-16)26(22,23)19-11-14-3-2-9-20(12-14)18(21)15-8-10-25-13-15/h4-8,10,13-14,19H,2-3,9,11-12H2,1H3/t14-/m0/s1. The first-order valence-corrected chi connectivity index (χ1v) is 9.93. The average Bonchev–Trinajstić information content (AvgIpc) is 3.21. The van der Waals surface area contributed by atoms with Crippen LogP contribution in [-0.2, 0) is 10.0 Å². The molecule has 8 heteroatoms. The SMILES string of the molecule is COc1ccc(S(=O)(=O)NC[C@@H]2CCCN(C(=O)c3ccoc3)C2)cc1. The van der Waals surface area contributed by atoms with Gasteiger partial charge in [-0.3, -0.25) is 4.79 Å². The largest absolute Gasteiger partial charge is 0.497 e. The molecule has 1 aliphatic rings. The average molecular weight is 378 g/mol. The first-order valence-electron chi connectivity index (χ1n) is 8.45. The number of methoxy groups -OCH3 is 1. The number of furan rings is 1. The summed E-state index contributed by atoms with van der Waals surface area (Å²) in [6, 6.07) is 7.88. The molecule has 140 valence electrons. The van der Waals surface area contributed by atoms with Gasteiger partial charge in [-0.15, -0.1) is 0 Å². The Morgan fingerprint density at radius 3 is 2.73 bits per heavy atom. The second-order valence-electron chi connectivity index (χ2n) is 6.30. The van der Waals surface area contributed by atoms with Gasteiger partial charge >= 0.3 is 0 Å². The van der Waals surface area contributed by atoms with Gasteiger partial charge in [0.15, 0.2) is 0 Å². The Kier molecular flexibility index (Phi) is 5.63. The highest BCUT2D eigenvalue weighted by Gasteiger charge is 2.26. The van der Waals surface area contributed by atoms with Crippen molar-refractivity contribution in [3.05, 3.63) is 48.4 Å². The summed E-state index contributed by atoms with van der Waals surface area (Å²) >= 11 is 0. The summed E-state index contributed by atoms with van der Waals surface area (Å²) in [7, 11) is -2.06. The van der Waals surface area contributed by atoms with Crippen molar-refractivity contribution >= 4 is 15.9 Å². The maximum Gasteiger partial charge on any atom is 0.257 e. The number of hydrogen-bond acceptors (Lipinski definition) is 5. The van der Waals surface area contributed by atoms with Crippen molar-refractivity contribution in [3.8, 4) is 5.75 Å². The molecule has 2 aromatic rings. The van der Waals surface area contributed by atoms with Crippen molar-refractivity contribution in [1.82, 2.24) is 9.62 Å². The van der Waals surface area contributed by atoms with Gasteiger partial charge in [-0.1, -0.05) is 0 Å². The van der Waals surface area contributed by atoms with Crippen molar-refractivity contribution in [2.45, 2.75) is 17.7 Å². The van der Waals surface area contributed by atoms with Crippen LogP contribution in [0, 0.1) is 5.92 Å². The predicted octanol–water partition coefficient (Wildman–Crippen LogP) is 2.12. The van der Waals surface area contributed by atoms with Gasteiger partial charge in [-0.25, -0.2) is 13.1 Å². The molecule has 1 atom stereocenters. The minimum Gasteiger partial charge on any atom is -0.497 e. The van der Waals surface area contributed by atoms with E-state index in [4.69, 9.17) is 9.15 Å². The Morgan fingerprint density at radius 2 is 2.08 bits per heavy atom. The van der Waals surface area contributed by atoms with Gasteiger partial charge in [0.25, 0.3) is 5.91 Å². The van der Waals surface area contributed by atoms with E-state index in [0.717, 1.165) is 12.8 Å². The molecule has 1 fully saturated rings. The summed E-state index contributed by atoms with van der Waals surface area (Å²) in [5, 5.41) is 0. The summed E-state index contributed by atoms with van der Waals surface area (Å²) in [5.74, 6) is 0.596. The molecule has 0 spiro atoms. The molecular formula is C18H22N2O5S. The molecule has 1 aromatic heterocycles. The first kappa shape index (κ1) is 18.5. The number of ether oxygens (including phenoxy) is 1. The predicted molar refractivity (Wildman–Crippen MR) is 95.5 cm³/mol. The van der Waals surface area contributed by atoms with Crippen LogP contribution >= 0.6 is 0 Å². The third kappa shape index (κ3) is 4.25. The van der Waals surface area contributed by atoms with Crippen molar-refractivity contribution in [3.63, 3.8) is 0 Å². The molecule has 2 heterocycles. The van der Waals surface area contributed by atoms with E-state index in [1.807, 2.05) is 0 Å². The molecule has 1 amide bonds. The maximum absolute atomic E-state index is 12.4. The minimum atomic E-state index is -3.59. The second kappa shape index (κ2) is 7.92. The molecule has 3 rings (SSSR count). The van der Waals surface area contributed by atoms with Crippen LogP contribution in [0.4, 0.5) is 0 Å². The number of likely N-dealkylation sites (tertiary alicyclic amines) is 1. The van der Waals surface area contributed by atoms with Crippen molar-refractivity contribution in [1.29, 1.82) is 0 Å². The lowest BCUT2D eigenvalue weighted by Crippen LogP contribution is -2.43. The summed E-state index contributed by atoms with van der Waals surface area (Å²) < 4.78 is 37.5. The van der Waals surface area contributed by atoms with Gasteiger partial charge < -0.3 is 14.1 Å². The highest BCUT2D eigenvalue weighted by molar-refractivity contribution is 7.89. The molecule has 0 aliphatic carbocycles. The minimum absolute atomic E-state index is 0.0765.